The molecule has 0 saturated carbocycles. The van der Waals surface area contributed by atoms with E-state index in [-0.39, 0.29) is 11.5 Å². The summed E-state index contributed by atoms with van der Waals surface area (Å²) >= 11 is 5.91. The highest BCUT2D eigenvalue weighted by Crippen LogP contribution is 2.24. The second-order valence-electron chi connectivity index (χ2n) is 5.92. The van der Waals surface area contributed by atoms with Crippen LogP contribution in [0.3, 0.4) is 0 Å². The molecule has 0 radical (unpaired) electrons. The van der Waals surface area contributed by atoms with Gasteiger partial charge in [0.1, 0.15) is 10.7 Å². The molecule has 130 valence electrons. The molecule has 26 heavy (non-hydrogen) atoms. The van der Waals surface area contributed by atoms with Gasteiger partial charge in [0.05, 0.1) is 11.4 Å². The molecule has 7 heteroatoms. The number of halogens is 1. The number of hydrazine groups is 1. The van der Waals surface area contributed by atoms with Crippen molar-refractivity contribution >= 4 is 46.0 Å². The summed E-state index contributed by atoms with van der Waals surface area (Å²) < 4.78 is 0. The van der Waals surface area contributed by atoms with E-state index in [2.05, 4.69) is 10.5 Å². The Morgan fingerprint density at radius 3 is 2.38 bits per heavy atom. The summed E-state index contributed by atoms with van der Waals surface area (Å²) in [5.41, 5.74) is 4.98. The first-order chi connectivity index (χ1) is 12.6. The average molecular weight is 367 g/mol. The molecule has 1 fully saturated rings. The van der Waals surface area contributed by atoms with Crippen LogP contribution >= 0.6 is 11.6 Å². The first-order valence-corrected chi connectivity index (χ1v) is 8.52. The topological polar surface area (TPSA) is 65.0 Å². The van der Waals surface area contributed by atoms with Crippen LogP contribution in [0.1, 0.15) is 12.0 Å². The fourth-order valence-electron chi connectivity index (χ4n) is 2.84. The molecule has 6 nitrogen and oxygen atoms in total. The molecule has 2 heterocycles. The van der Waals surface area contributed by atoms with Crippen LogP contribution in [0, 0.1) is 0 Å². The Morgan fingerprint density at radius 2 is 1.73 bits per heavy atom. The van der Waals surface area contributed by atoms with Crippen molar-refractivity contribution in [2.24, 2.45) is 5.10 Å². The third kappa shape index (κ3) is 3.07. The predicted molar refractivity (Wildman–Crippen MR) is 102 cm³/mol. The van der Waals surface area contributed by atoms with E-state index < -0.39 is 5.91 Å². The minimum absolute atomic E-state index is 0.101. The smallest absolute Gasteiger partial charge is 0.267 e. The molecule has 0 unspecified atom stereocenters. The molecule has 1 N–H and O–H groups in total. The SMILES string of the molecule is O=C1NN(c2ccccc2)C(=O)/C1=C/c1ccc(N2CCC(Cl)=N2)cc1. The van der Waals surface area contributed by atoms with Crippen LogP contribution in [0.4, 0.5) is 11.4 Å². The fraction of sp³-hybridized carbons (Fsp3) is 0.105. The number of amides is 2. The Balaban J connectivity index is 1.56. The average Bonchev–Trinajstić information content (AvgIpc) is 3.21. The molecule has 0 aromatic heterocycles. The summed E-state index contributed by atoms with van der Waals surface area (Å²) in [7, 11) is 0. The third-order valence-corrected chi connectivity index (χ3v) is 4.43. The normalized spacial score (nSPS) is 18.5. The van der Waals surface area contributed by atoms with Crippen molar-refractivity contribution in [2.75, 3.05) is 16.6 Å². The molecule has 2 aliphatic rings. The van der Waals surface area contributed by atoms with Crippen molar-refractivity contribution < 1.29 is 9.59 Å². The second kappa shape index (κ2) is 6.65. The van der Waals surface area contributed by atoms with Gasteiger partial charge in [-0.1, -0.05) is 41.9 Å². The zero-order valence-electron chi connectivity index (χ0n) is 13.7. The molecule has 2 aliphatic heterocycles. The fourth-order valence-corrected chi connectivity index (χ4v) is 3.02. The number of nitrogens with one attached hydrogen (secondary N) is 1. The summed E-state index contributed by atoms with van der Waals surface area (Å²) in [6.45, 7) is 0.742. The number of hydrazone groups is 1. The molecule has 0 atom stereocenters. The summed E-state index contributed by atoms with van der Waals surface area (Å²) in [5, 5.41) is 7.90. The lowest BCUT2D eigenvalue weighted by Crippen LogP contribution is -2.35. The standard InChI is InChI=1S/C19H15ClN4O2/c20-17-10-11-23(21-17)14-8-6-13(7-9-14)12-16-18(25)22-24(19(16)26)15-4-2-1-3-5-15/h1-9,12H,10-11H2,(H,22,25)/b16-12+. The van der Waals surface area contributed by atoms with Gasteiger partial charge in [-0.15, -0.1) is 0 Å². The highest BCUT2D eigenvalue weighted by Gasteiger charge is 2.34. The van der Waals surface area contributed by atoms with Gasteiger partial charge in [0, 0.05) is 13.0 Å². The Bertz CT molecular complexity index is 922. The van der Waals surface area contributed by atoms with Crippen molar-refractivity contribution in [3.05, 3.63) is 65.7 Å². The summed E-state index contributed by atoms with van der Waals surface area (Å²) in [5.74, 6) is -0.792. The van der Waals surface area contributed by atoms with E-state index in [1.54, 1.807) is 18.2 Å². The van der Waals surface area contributed by atoms with Gasteiger partial charge in [-0.05, 0) is 35.9 Å². The highest BCUT2D eigenvalue weighted by molar-refractivity contribution is 6.65. The van der Waals surface area contributed by atoms with E-state index >= 15 is 0 Å². The first kappa shape index (κ1) is 16.4. The van der Waals surface area contributed by atoms with E-state index in [1.807, 2.05) is 47.5 Å². The molecule has 2 aromatic rings. The Hall–Kier alpha value is -3.12. The van der Waals surface area contributed by atoms with Crippen LogP contribution in [-0.4, -0.2) is 23.5 Å². The molecule has 0 aliphatic carbocycles. The number of benzene rings is 2. The number of rotatable bonds is 3. The highest BCUT2D eigenvalue weighted by atomic mass is 35.5. The number of carbonyl (C=O) groups is 2. The van der Waals surface area contributed by atoms with Crippen molar-refractivity contribution in [1.29, 1.82) is 0 Å². The molecule has 1 saturated heterocycles. The van der Waals surface area contributed by atoms with Gasteiger partial charge in [0.15, 0.2) is 0 Å². The molecule has 2 aromatic carbocycles. The number of carbonyl (C=O) groups excluding carboxylic acids is 2. The van der Waals surface area contributed by atoms with Crippen LogP contribution in [0.2, 0.25) is 0 Å². The Labute approximate surface area is 155 Å². The predicted octanol–water partition coefficient (Wildman–Crippen LogP) is 2.91. The van der Waals surface area contributed by atoms with Crippen LogP contribution in [0.5, 0.6) is 0 Å². The van der Waals surface area contributed by atoms with E-state index in [1.165, 1.54) is 5.01 Å². The molecular formula is C19H15ClN4O2. The molecule has 0 spiro atoms. The maximum absolute atomic E-state index is 12.6. The lowest BCUT2D eigenvalue weighted by atomic mass is 10.1. The number of nitrogens with zero attached hydrogens (tertiary/aromatic N) is 3. The van der Waals surface area contributed by atoms with Gasteiger partial charge in [0.25, 0.3) is 11.8 Å². The Kier molecular flexibility index (Phi) is 4.18. The van der Waals surface area contributed by atoms with Crippen molar-refractivity contribution in [2.45, 2.75) is 6.42 Å². The van der Waals surface area contributed by atoms with Crippen molar-refractivity contribution in [3.63, 3.8) is 0 Å². The zero-order valence-corrected chi connectivity index (χ0v) is 14.5. The van der Waals surface area contributed by atoms with Crippen LogP contribution < -0.4 is 15.4 Å². The van der Waals surface area contributed by atoms with Gasteiger partial charge in [-0.2, -0.15) is 5.10 Å². The maximum Gasteiger partial charge on any atom is 0.282 e. The van der Waals surface area contributed by atoms with Crippen LogP contribution in [0.25, 0.3) is 6.08 Å². The summed E-state index contributed by atoms with van der Waals surface area (Å²) in [6.07, 6.45) is 2.32. The zero-order chi connectivity index (χ0) is 18.1. The second-order valence-corrected chi connectivity index (χ2v) is 6.35. The minimum atomic E-state index is -0.418. The van der Waals surface area contributed by atoms with Gasteiger partial charge >= 0.3 is 0 Å². The van der Waals surface area contributed by atoms with E-state index in [0.29, 0.717) is 10.9 Å². The van der Waals surface area contributed by atoms with E-state index in [0.717, 1.165) is 24.2 Å². The van der Waals surface area contributed by atoms with Gasteiger partial charge in [-0.25, -0.2) is 5.01 Å². The number of para-hydroxylation sites is 1. The minimum Gasteiger partial charge on any atom is -0.267 e. The monoisotopic (exact) mass is 366 g/mol. The van der Waals surface area contributed by atoms with Crippen LogP contribution in [-0.2, 0) is 9.59 Å². The van der Waals surface area contributed by atoms with Gasteiger partial charge < -0.3 is 0 Å². The molecular weight excluding hydrogens is 352 g/mol. The molecule has 4 rings (SSSR count). The Morgan fingerprint density at radius 1 is 1.00 bits per heavy atom. The van der Waals surface area contributed by atoms with Gasteiger partial charge in [0.2, 0.25) is 0 Å². The summed E-state index contributed by atoms with van der Waals surface area (Å²) in [4.78, 5) is 24.8. The first-order valence-electron chi connectivity index (χ1n) is 8.14. The van der Waals surface area contributed by atoms with Crippen LogP contribution in [0.15, 0.2) is 65.3 Å². The quantitative estimate of drug-likeness (QED) is 0.671. The lowest BCUT2D eigenvalue weighted by Gasteiger charge is -2.14. The number of hydrogen-bond acceptors (Lipinski definition) is 4. The van der Waals surface area contributed by atoms with Crippen molar-refractivity contribution in [3.8, 4) is 0 Å². The number of anilines is 2. The molecule has 0 bridgehead atoms. The number of hydrogen-bond donors (Lipinski definition) is 1. The summed E-state index contributed by atoms with van der Waals surface area (Å²) in [6, 6.07) is 16.4. The largest absolute Gasteiger partial charge is 0.282 e. The lowest BCUT2D eigenvalue weighted by molar-refractivity contribution is -0.117. The van der Waals surface area contributed by atoms with E-state index in [9.17, 15) is 9.59 Å². The third-order valence-electron chi connectivity index (χ3n) is 4.17. The maximum atomic E-state index is 12.6. The van der Waals surface area contributed by atoms with Gasteiger partial charge in [-0.3, -0.25) is 20.0 Å². The van der Waals surface area contributed by atoms with E-state index in [4.69, 9.17) is 11.6 Å². The van der Waals surface area contributed by atoms with Crippen molar-refractivity contribution in [1.82, 2.24) is 5.43 Å². The molecule has 2 amide bonds.